The van der Waals surface area contributed by atoms with E-state index < -0.39 is 97.5 Å². The van der Waals surface area contributed by atoms with Gasteiger partial charge < -0.3 is 33.8 Å². The second-order valence-corrected chi connectivity index (χ2v) is 20.0. The van der Waals surface area contributed by atoms with Crippen LogP contribution in [-0.2, 0) is 65.4 Å². The van der Waals surface area contributed by atoms with Gasteiger partial charge in [0.25, 0.3) is 0 Å². The molecule has 66 heavy (non-hydrogen) atoms. The molecule has 2 unspecified atom stereocenters. The van der Waals surface area contributed by atoms with E-state index in [2.05, 4.69) is 27.7 Å². The minimum Gasteiger partial charge on any atom is -0.462 e. The Bertz CT molecular complexity index is 1220. The fraction of sp³-hybridized carbons (Fsp3) is 0.915. The van der Waals surface area contributed by atoms with Crippen molar-refractivity contribution in [2.24, 2.45) is 0 Å². The Hall–Kier alpha value is -1.94. The average molecular weight is 989 g/mol. The van der Waals surface area contributed by atoms with E-state index in [4.69, 9.17) is 37.0 Å². The van der Waals surface area contributed by atoms with Crippen molar-refractivity contribution in [2.75, 3.05) is 39.6 Å². The van der Waals surface area contributed by atoms with E-state index in [1.165, 1.54) is 12.8 Å². The van der Waals surface area contributed by atoms with Gasteiger partial charge in [0, 0.05) is 25.7 Å². The van der Waals surface area contributed by atoms with Gasteiger partial charge in [0.05, 0.1) is 26.4 Å². The summed E-state index contributed by atoms with van der Waals surface area (Å²) >= 11 is 0. The molecule has 0 fully saturated rings. The Morgan fingerprint density at radius 1 is 0.364 bits per heavy atom. The quantitative estimate of drug-likeness (QED) is 0.0222. The maximum atomic E-state index is 12.7. The zero-order chi connectivity index (χ0) is 49.2. The summed E-state index contributed by atoms with van der Waals surface area (Å²) < 4.78 is 66.7. The normalized spacial score (nSPS) is 14.7. The molecule has 0 aromatic rings. The molecule has 19 heteroatoms. The summed E-state index contributed by atoms with van der Waals surface area (Å²) in [6.45, 7) is 4.54. The van der Waals surface area contributed by atoms with Gasteiger partial charge in [-0.2, -0.15) is 0 Å². The Labute approximate surface area is 397 Å². The number of phosphoric acid groups is 2. The molecule has 17 nitrogen and oxygen atoms in total. The maximum absolute atomic E-state index is 12.7. The number of esters is 4. The third kappa shape index (κ3) is 42.2. The van der Waals surface area contributed by atoms with E-state index in [-0.39, 0.29) is 25.7 Å². The summed E-state index contributed by atoms with van der Waals surface area (Å²) in [7, 11) is -9.83. The van der Waals surface area contributed by atoms with E-state index in [9.17, 15) is 43.2 Å². The lowest BCUT2D eigenvalue weighted by Crippen LogP contribution is -2.30. The number of unbranched alkanes of at least 4 members (excludes halogenated alkanes) is 22. The molecule has 0 saturated carbocycles. The first-order chi connectivity index (χ1) is 31.7. The number of carbonyl (C=O) groups is 4. The third-order valence-electron chi connectivity index (χ3n) is 10.6. The van der Waals surface area contributed by atoms with Crippen LogP contribution in [0, 0.1) is 0 Å². The predicted molar refractivity (Wildman–Crippen MR) is 252 cm³/mol. The van der Waals surface area contributed by atoms with Crippen LogP contribution in [0.3, 0.4) is 0 Å². The van der Waals surface area contributed by atoms with Crippen LogP contribution in [0.4, 0.5) is 0 Å². The van der Waals surface area contributed by atoms with Crippen molar-refractivity contribution in [1.29, 1.82) is 0 Å². The van der Waals surface area contributed by atoms with E-state index >= 15 is 0 Å². The molecule has 3 N–H and O–H groups in total. The van der Waals surface area contributed by atoms with Crippen LogP contribution < -0.4 is 0 Å². The number of hydrogen-bond acceptors (Lipinski definition) is 15. The van der Waals surface area contributed by atoms with E-state index in [1.54, 1.807) is 0 Å². The van der Waals surface area contributed by atoms with Gasteiger partial charge in [-0.1, -0.05) is 169 Å². The molecule has 0 saturated heterocycles. The first-order valence-corrected chi connectivity index (χ1v) is 28.3. The van der Waals surface area contributed by atoms with Crippen molar-refractivity contribution in [3.8, 4) is 0 Å². The third-order valence-corrected chi connectivity index (χ3v) is 12.5. The lowest BCUT2D eigenvalue weighted by atomic mass is 10.1. The highest BCUT2D eigenvalue weighted by Crippen LogP contribution is 2.45. The molecule has 0 aliphatic rings. The molecule has 0 aromatic heterocycles. The first kappa shape index (κ1) is 64.1. The van der Waals surface area contributed by atoms with Crippen molar-refractivity contribution in [2.45, 2.75) is 239 Å². The molecule has 0 amide bonds. The van der Waals surface area contributed by atoms with Crippen LogP contribution in [0.5, 0.6) is 0 Å². The van der Waals surface area contributed by atoms with Crippen LogP contribution in [-0.4, -0.2) is 96.7 Å². The van der Waals surface area contributed by atoms with Gasteiger partial charge in [-0.05, 0) is 25.7 Å². The molecule has 4 atom stereocenters. The summed E-state index contributed by atoms with van der Waals surface area (Å²) in [5, 5.41) is 10.4. The average Bonchev–Trinajstić information content (AvgIpc) is 3.28. The second-order valence-electron chi connectivity index (χ2n) is 17.1. The molecule has 0 aliphatic carbocycles. The number of carbonyl (C=O) groups excluding carboxylic acids is 4. The van der Waals surface area contributed by atoms with Crippen molar-refractivity contribution >= 4 is 39.5 Å². The van der Waals surface area contributed by atoms with Crippen LogP contribution in [0.15, 0.2) is 0 Å². The summed E-state index contributed by atoms with van der Waals surface area (Å²) in [6, 6.07) is 0. The number of hydrogen-bond donors (Lipinski definition) is 3. The molecule has 0 rings (SSSR count). The minimum absolute atomic E-state index is 0.102. The highest BCUT2D eigenvalue weighted by atomic mass is 31.2. The van der Waals surface area contributed by atoms with Crippen LogP contribution >= 0.6 is 15.6 Å². The van der Waals surface area contributed by atoms with Gasteiger partial charge >= 0.3 is 39.5 Å². The van der Waals surface area contributed by atoms with Crippen molar-refractivity contribution in [3.05, 3.63) is 0 Å². The molecule has 0 spiro atoms. The fourth-order valence-electron chi connectivity index (χ4n) is 6.63. The number of aliphatic hydroxyl groups excluding tert-OH is 1. The summed E-state index contributed by atoms with van der Waals surface area (Å²) in [5.74, 6) is -2.18. The molecular weight excluding hydrogens is 898 g/mol. The van der Waals surface area contributed by atoms with Gasteiger partial charge in [-0.25, -0.2) is 9.13 Å². The lowest BCUT2D eigenvalue weighted by molar-refractivity contribution is -0.161. The summed E-state index contributed by atoms with van der Waals surface area (Å²) in [6.07, 6.45) is 21.9. The predicted octanol–water partition coefficient (Wildman–Crippen LogP) is 11.3. The monoisotopic (exact) mass is 989 g/mol. The molecule has 0 radical (unpaired) electrons. The molecule has 0 heterocycles. The van der Waals surface area contributed by atoms with Gasteiger partial charge in [-0.15, -0.1) is 0 Å². The van der Waals surface area contributed by atoms with Gasteiger partial charge in [0.15, 0.2) is 12.2 Å². The Morgan fingerprint density at radius 3 is 0.894 bits per heavy atom. The first-order valence-electron chi connectivity index (χ1n) is 25.3. The van der Waals surface area contributed by atoms with E-state index in [0.29, 0.717) is 25.7 Å². The topological polar surface area (TPSA) is 237 Å². The van der Waals surface area contributed by atoms with Crippen molar-refractivity contribution in [3.63, 3.8) is 0 Å². The Balaban J connectivity index is 5.14. The number of phosphoric ester groups is 2. The molecule has 0 aliphatic heterocycles. The zero-order valence-electron chi connectivity index (χ0n) is 41.1. The van der Waals surface area contributed by atoms with E-state index in [0.717, 1.165) is 128 Å². The molecule has 390 valence electrons. The molecule has 0 bridgehead atoms. The van der Waals surface area contributed by atoms with Crippen LogP contribution in [0.2, 0.25) is 0 Å². The molecule has 0 aromatic carbocycles. The van der Waals surface area contributed by atoms with Crippen LogP contribution in [0.25, 0.3) is 0 Å². The van der Waals surface area contributed by atoms with Gasteiger partial charge in [0.2, 0.25) is 0 Å². The van der Waals surface area contributed by atoms with E-state index in [1.807, 2.05) is 0 Å². The Morgan fingerprint density at radius 2 is 0.606 bits per heavy atom. The van der Waals surface area contributed by atoms with Gasteiger partial charge in [-0.3, -0.25) is 37.3 Å². The Kier molecular flexibility index (Phi) is 41.8. The fourth-order valence-corrected chi connectivity index (χ4v) is 8.21. The number of ether oxygens (including phenoxy) is 4. The SMILES string of the molecule is CCCCCCCCCC(=O)OC[C@H](COP(=O)(O)OCC(O)COP(=O)(O)OC[C@@H](COC(=O)CCCCCCCCC)OC(=O)CCCCCCCC)OC(=O)CCCCCCCC. The maximum Gasteiger partial charge on any atom is 0.472 e. The summed E-state index contributed by atoms with van der Waals surface area (Å²) in [5.41, 5.74) is 0. The summed E-state index contributed by atoms with van der Waals surface area (Å²) in [4.78, 5) is 70.8. The minimum atomic E-state index is -4.91. The lowest BCUT2D eigenvalue weighted by Gasteiger charge is -2.21. The van der Waals surface area contributed by atoms with Crippen molar-refractivity contribution < 1.29 is 80.2 Å². The number of rotatable bonds is 48. The van der Waals surface area contributed by atoms with Gasteiger partial charge in [0.1, 0.15) is 19.3 Å². The smallest absolute Gasteiger partial charge is 0.462 e. The number of aliphatic hydroxyl groups is 1. The van der Waals surface area contributed by atoms with Crippen LogP contribution in [0.1, 0.15) is 220 Å². The zero-order valence-corrected chi connectivity index (χ0v) is 42.9. The van der Waals surface area contributed by atoms with Crippen molar-refractivity contribution in [1.82, 2.24) is 0 Å². The largest absolute Gasteiger partial charge is 0.472 e. The second kappa shape index (κ2) is 43.1. The highest BCUT2D eigenvalue weighted by Gasteiger charge is 2.30. The highest BCUT2D eigenvalue weighted by molar-refractivity contribution is 7.47. The molecular formula is C47H90O17P2. The standard InChI is InChI=1S/C47H90O17P2/c1-5-9-13-17-21-25-27-31-44(49)57-37-42(63-46(51)33-29-23-19-15-11-7-3)39-61-65(53,54)59-35-41(48)36-60-66(55,56)62-40-43(64-47(52)34-30-24-20-16-12-8-4)38-58-45(50)32-28-26-22-18-14-10-6-2/h41-43,48H,5-40H2,1-4H3,(H,53,54)(H,55,56)/t42-,43-/m1/s1.